The van der Waals surface area contributed by atoms with Gasteiger partial charge >= 0.3 is 0 Å². The average molecular weight is 340 g/mol. The van der Waals surface area contributed by atoms with E-state index >= 15 is 0 Å². The summed E-state index contributed by atoms with van der Waals surface area (Å²) in [7, 11) is 1.81. The first kappa shape index (κ1) is 18.1. The highest BCUT2D eigenvalue weighted by Gasteiger charge is 2.25. The van der Waals surface area contributed by atoms with Gasteiger partial charge in [-0.3, -0.25) is 4.99 Å². The van der Waals surface area contributed by atoms with Crippen LogP contribution < -0.4 is 10.6 Å². The zero-order chi connectivity index (χ0) is 16.7. The van der Waals surface area contributed by atoms with Crippen LogP contribution in [0.15, 0.2) is 9.52 Å². The van der Waals surface area contributed by atoms with Crippen LogP contribution >= 0.6 is 11.8 Å². The first-order valence-electron chi connectivity index (χ1n) is 8.53. The van der Waals surface area contributed by atoms with Gasteiger partial charge in [-0.2, -0.15) is 16.7 Å². The molecule has 1 fully saturated rings. The van der Waals surface area contributed by atoms with Crippen LogP contribution in [-0.4, -0.2) is 46.7 Å². The fraction of sp³-hybridized carbons (Fsp3) is 0.812. The Kier molecular flexibility index (Phi) is 7.20. The zero-order valence-corrected chi connectivity index (χ0v) is 15.4. The van der Waals surface area contributed by atoms with Crippen molar-refractivity contribution in [3.63, 3.8) is 0 Å². The van der Waals surface area contributed by atoms with E-state index in [9.17, 15) is 0 Å². The third kappa shape index (κ3) is 5.71. The lowest BCUT2D eigenvalue weighted by Gasteiger charge is -2.17. The van der Waals surface area contributed by atoms with E-state index in [4.69, 9.17) is 4.52 Å². The lowest BCUT2D eigenvalue weighted by Crippen LogP contribution is -2.43. The Morgan fingerprint density at radius 3 is 2.91 bits per heavy atom. The largest absolute Gasteiger partial charge is 0.356 e. The predicted molar refractivity (Wildman–Crippen MR) is 96.1 cm³/mol. The normalized spacial score (nSPS) is 21.9. The molecule has 2 N–H and O–H groups in total. The molecule has 2 rings (SSSR count). The first-order chi connectivity index (χ1) is 11.1. The predicted octanol–water partition coefficient (Wildman–Crippen LogP) is 2.57. The van der Waals surface area contributed by atoms with E-state index in [0.717, 1.165) is 23.6 Å². The number of aromatic nitrogens is 2. The SMILES string of the molecule is CCSC1CCC(NC(=NC)NCCc2nc(C(C)C)no2)C1. The second-order valence-corrected chi connectivity index (χ2v) is 7.76. The quantitative estimate of drug-likeness (QED) is 0.587. The van der Waals surface area contributed by atoms with Gasteiger partial charge in [-0.25, -0.2) is 0 Å². The van der Waals surface area contributed by atoms with Gasteiger partial charge in [-0.05, 0) is 25.0 Å². The summed E-state index contributed by atoms with van der Waals surface area (Å²) in [5.74, 6) is 3.81. The van der Waals surface area contributed by atoms with Gasteiger partial charge in [0.25, 0.3) is 0 Å². The van der Waals surface area contributed by atoms with Crippen LogP contribution in [0.2, 0.25) is 0 Å². The maximum Gasteiger partial charge on any atom is 0.228 e. The molecule has 2 atom stereocenters. The van der Waals surface area contributed by atoms with Crippen LogP contribution in [0, 0.1) is 0 Å². The molecule has 0 aliphatic heterocycles. The van der Waals surface area contributed by atoms with E-state index in [2.05, 4.69) is 58.3 Å². The molecule has 1 aromatic rings. The smallest absolute Gasteiger partial charge is 0.228 e. The lowest BCUT2D eigenvalue weighted by molar-refractivity contribution is 0.371. The number of hydrogen-bond acceptors (Lipinski definition) is 5. The van der Waals surface area contributed by atoms with Crippen molar-refractivity contribution in [1.29, 1.82) is 0 Å². The fourth-order valence-electron chi connectivity index (χ4n) is 2.74. The van der Waals surface area contributed by atoms with Crippen LogP contribution in [0.3, 0.4) is 0 Å². The third-order valence-corrected chi connectivity index (χ3v) is 5.22. The molecular formula is C16H29N5OS. The van der Waals surface area contributed by atoms with Crippen LogP contribution in [0.5, 0.6) is 0 Å². The molecule has 0 aromatic carbocycles. The molecule has 1 heterocycles. The third-order valence-electron chi connectivity index (χ3n) is 3.98. The van der Waals surface area contributed by atoms with E-state index < -0.39 is 0 Å². The lowest BCUT2D eigenvalue weighted by atomic mass is 10.2. The standard InChI is InChI=1S/C16H29N5OS/c1-5-23-13-7-6-12(10-13)19-16(17-4)18-9-8-14-20-15(11(2)3)21-22-14/h11-13H,5-10H2,1-4H3,(H2,17,18,19). The highest BCUT2D eigenvalue weighted by Crippen LogP contribution is 2.29. The van der Waals surface area contributed by atoms with Gasteiger partial charge < -0.3 is 15.2 Å². The molecule has 1 saturated carbocycles. The van der Waals surface area contributed by atoms with Gasteiger partial charge in [0.15, 0.2) is 11.8 Å². The van der Waals surface area contributed by atoms with Crippen LogP contribution in [0.4, 0.5) is 0 Å². The minimum absolute atomic E-state index is 0.297. The topological polar surface area (TPSA) is 75.3 Å². The molecule has 0 spiro atoms. The maximum atomic E-state index is 5.25. The summed E-state index contributed by atoms with van der Waals surface area (Å²) in [6.07, 6.45) is 4.45. The van der Waals surface area contributed by atoms with E-state index in [1.807, 2.05) is 7.05 Å². The van der Waals surface area contributed by atoms with E-state index in [0.29, 0.717) is 24.3 Å². The summed E-state index contributed by atoms with van der Waals surface area (Å²) in [5, 5.41) is 11.6. The average Bonchev–Trinajstić information content (AvgIpc) is 3.16. The van der Waals surface area contributed by atoms with Crippen molar-refractivity contribution in [3.8, 4) is 0 Å². The number of nitrogens with one attached hydrogen (secondary N) is 2. The Morgan fingerprint density at radius 2 is 2.26 bits per heavy atom. The van der Waals surface area contributed by atoms with Gasteiger partial charge in [0.2, 0.25) is 5.89 Å². The highest BCUT2D eigenvalue weighted by molar-refractivity contribution is 7.99. The van der Waals surface area contributed by atoms with Crippen molar-refractivity contribution in [2.45, 2.75) is 63.7 Å². The van der Waals surface area contributed by atoms with Crippen molar-refractivity contribution in [3.05, 3.63) is 11.7 Å². The number of thioether (sulfide) groups is 1. The second kappa shape index (κ2) is 9.15. The van der Waals surface area contributed by atoms with Crippen LogP contribution in [0.25, 0.3) is 0 Å². The maximum absolute atomic E-state index is 5.25. The summed E-state index contributed by atoms with van der Waals surface area (Å²) in [5.41, 5.74) is 0. The van der Waals surface area contributed by atoms with Crippen molar-refractivity contribution >= 4 is 17.7 Å². The van der Waals surface area contributed by atoms with Gasteiger partial charge in [-0.1, -0.05) is 25.9 Å². The molecule has 1 aromatic heterocycles. The van der Waals surface area contributed by atoms with Crippen molar-refractivity contribution in [2.75, 3.05) is 19.3 Å². The Bertz CT molecular complexity index is 502. The van der Waals surface area contributed by atoms with Crippen molar-refractivity contribution < 1.29 is 4.52 Å². The van der Waals surface area contributed by atoms with E-state index in [1.165, 1.54) is 25.0 Å². The minimum atomic E-state index is 0.297. The molecule has 0 amide bonds. The Labute approximate surface area is 143 Å². The summed E-state index contributed by atoms with van der Waals surface area (Å²) < 4.78 is 5.25. The van der Waals surface area contributed by atoms with E-state index in [1.54, 1.807) is 0 Å². The second-order valence-electron chi connectivity index (χ2n) is 6.18. The summed E-state index contributed by atoms with van der Waals surface area (Å²) in [6.45, 7) is 7.09. The molecule has 7 heteroatoms. The molecule has 6 nitrogen and oxygen atoms in total. The Balaban J connectivity index is 1.71. The molecule has 2 unspecified atom stereocenters. The van der Waals surface area contributed by atoms with Crippen molar-refractivity contribution in [1.82, 2.24) is 20.8 Å². The molecule has 1 aliphatic rings. The number of rotatable bonds is 7. The van der Waals surface area contributed by atoms with Crippen LogP contribution in [0.1, 0.15) is 57.7 Å². The van der Waals surface area contributed by atoms with Gasteiger partial charge in [0.05, 0.1) is 0 Å². The Morgan fingerprint density at radius 1 is 1.43 bits per heavy atom. The number of aliphatic imine (C=N–C) groups is 1. The molecule has 130 valence electrons. The fourth-order valence-corrected chi connectivity index (χ4v) is 3.88. The zero-order valence-electron chi connectivity index (χ0n) is 14.6. The summed E-state index contributed by atoms with van der Waals surface area (Å²) >= 11 is 2.07. The van der Waals surface area contributed by atoms with Gasteiger partial charge in [0.1, 0.15) is 0 Å². The molecule has 0 saturated heterocycles. The minimum Gasteiger partial charge on any atom is -0.356 e. The van der Waals surface area contributed by atoms with Crippen molar-refractivity contribution in [2.24, 2.45) is 4.99 Å². The number of hydrogen-bond donors (Lipinski definition) is 2. The molecule has 23 heavy (non-hydrogen) atoms. The number of nitrogens with zero attached hydrogens (tertiary/aromatic N) is 3. The molecule has 0 bridgehead atoms. The van der Waals surface area contributed by atoms with Gasteiger partial charge in [0, 0.05) is 37.2 Å². The Hall–Kier alpha value is -1.24. The van der Waals surface area contributed by atoms with Gasteiger partial charge in [-0.15, -0.1) is 0 Å². The molecular weight excluding hydrogens is 310 g/mol. The summed E-state index contributed by atoms with van der Waals surface area (Å²) in [6, 6.07) is 0.529. The summed E-state index contributed by atoms with van der Waals surface area (Å²) in [4.78, 5) is 8.69. The molecule has 1 aliphatic carbocycles. The monoisotopic (exact) mass is 339 g/mol. The van der Waals surface area contributed by atoms with E-state index in [-0.39, 0.29) is 0 Å². The number of guanidine groups is 1. The highest BCUT2D eigenvalue weighted by atomic mass is 32.2. The first-order valence-corrected chi connectivity index (χ1v) is 9.58. The molecule has 0 radical (unpaired) electrons. The van der Waals surface area contributed by atoms with Crippen LogP contribution in [-0.2, 0) is 6.42 Å².